The van der Waals surface area contributed by atoms with Gasteiger partial charge in [0, 0.05) is 6.54 Å². The summed E-state index contributed by atoms with van der Waals surface area (Å²) in [5.74, 6) is -2.21. The molecule has 0 spiro atoms. The molecule has 1 atom stereocenters. The van der Waals surface area contributed by atoms with Gasteiger partial charge in [0.15, 0.2) is 5.76 Å². The summed E-state index contributed by atoms with van der Waals surface area (Å²) >= 11 is 0. The standard InChI is InChI=1S/C23H20FN3O6S/c24-16-5-7-17(8-6-16)27-21(28)14-19(22(27)29)26(23(30)20-2-1-13-33-20)12-11-15-3-9-18(10-4-15)34(25,31)32/h1-10,13,19H,11-12,14H2,(H2,25,31,32). The van der Waals surface area contributed by atoms with Crippen molar-refractivity contribution < 1.29 is 31.6 Å². The molecule has 0 radical (unpaired) electrons. The molecule has 2 N–H and O–H groups in total. The highest BCUT2D eigenvalue weighted by molar-refractivity contribution is 7.89. The van der Waals surface area contributed by atoms with E-state index in [0.717, 1.165) is 17.0 Å². The molecule has 1 aliphatic heterocycles. The van der Waals surface area contributed by atoms with Crippen molar-refractivity contribution >= 4 is 33.4 Å². The third-order valence-corrected chi connectivity index (χ3v) is 6.40. The van der Waals surface area contributed by atoms with E-state index in [0.29, 0.717) is 5.56 Å². The van der Waals surface area contributed by atoms with Crippen molar-refractivity contribution in [2.45, 2.75) is 23.8 Å². The predicted octanol–water partition coefficient (Wildman–Crippen LogP) is 2.08. The first-order chi connectivity index (χ1) is 16.1. The number of nitrogens with zero attached hydrogens (tertiary/aromatic N) is 2. The summed E-state index contributed by atoms with van der Waals surface area (Å²) in [6.45, 7) is 0.0508. The third kappa shape index (κ3) is 4.75. The minimum absolute atomic E-state index is 0.00468. The lowest BCUT2D eigenvalue weighted by Gasteiger charge is -2.27. The van der Waals surface area contributed by atoms with E-state index >= 15 is 0 Å². The summed E-state index contributed by atoms with van der Waals surface area (Å²) in [5, 5.41) is 5.12. The molecule has 2 heterocycles. The molecule has 0 saturated carbocycles. The molecule has 1 aromatic heterocycles. The summed E-state index contributed by atoms with van der Waals surface area (Å²) in [5.41, 5.74) is 0.902. The van der Waals surface area contributed by atoms with Crippen LogP contribution >= 0.6 is 0 Å². The molecule has 0 aliphatic carbocycles. The molecule has 4 rings (SSSR count). The Balaban J connectivity index is 1.59. The molecule has 9 nitrogen and oxygen atoms in total. The van der Waals surface area contributed by atoms with Gasteiger partial charge in [0.2, 0.25) is 15.9 Å². The summed E-state index contributed by atoms with van der Waals surface area (Å²) in [6, 6.07) is 12.6. The van der Waals surface area contributed by atoms with Crippen molar-refractivity contribution in [3.8, 4) is 0 Å². The summed E-state index contributed by atoms with van der Waals surface area (Å²) in [4.78, 5) is 41.2. The van der Waals surface area contributed by atoms with Crippen LogP contribution in [0.4, 0.5) is 10.1 Å². The second-order valence-electron chi connectivity index (χ2n) is 7.68. The van der Waals surface area contributed by atoms with Gasteiger partial charge in [-0.3, -0.25) is 14.4 Å². The highest BCUT2D eigenvalue weighted by Gasteiger charge is 2.44. The number of anilines is 1. The average Bonchev–Trinajstić information content (AvgIpc) is 3.43. The van der Waals surface area contributed by atoms with Gasteiger partial charge in [0.25, 0.3) is 11.8 Å². The van der Waals surface area contributed by atoms with Gasteiger partial charge in [-0.15, -0.1) is 0 Å². The second-order valence-corrected chi connectivity index (χ2v) is 9.24. The Morgan fingerprint density at radius 1 is 1.09 bits per heavy atom. The number of sulfonamides is 1. The molecule has 3 aromatic rings. The second kappa shape index (κ2) is 9.20. The molecule has 176 valence electrons. The number of hydrogen-bond donors (Lipinski definition) is 1. The molecule has 1 fully saturated rings. The van der Waals surface area contributed by atoms with E-state index in [2.05, 4.69) is 0 Å². The summed E-state index contributed by atoms with van der Waals surface area (Å²) in [6.07, 6.45) is 1.35. The number of carbonyl (C=O) groups excluding carboxylic acids is 3. The van der Waals surface area contributed by atoms with Crippen molar-refractivity contribution in [2.24, 2.45) is 5.14 Å². The Bertz CT molecular complexity index is 1320. The number of hydrogen-bond acceptors (Lipinski definition) is 6. The maximum atomic E-state index is 13.3. The SMILES string of the molecule is NS(=O)(=O)c1ccc(CCN(C(=O)c2ccco2)C2CC(=O)N(c3ccc(F)cc3)C2=O)cc1. The number of imide groups is 1. The van der Waals surface area contributed by atoms with E-state index in [-0.39, 0.29) is 35.7 Å². The van der Waals surface area contributed by atoms with Gasteiger partial charge in [0.05, 0.1) is 23.3 Å². The van der Waals surface area contributed by atoms with E-state index in [1.807, 2.05) is 0 Å². The van der Waals surface area contributed by atoms with Crippen LogP contribution in [0.25, 0.3) is 0 Å². The van der Waals surface area contributed by atoms with E-state index in [9.17, 15) is 27.2 Å². The van der Waals surface area contributed by atoms with Crippen molar-refractivity contribution in [1.82, 2.24) is 4.90 Å². The number of carbonyl (C=O) groups is 3. The zero-order valence-electron chi connectivity index (χ0n) is 17.8. The molecule has 3 amide bonds. The zero-order chi connectivity index (χ0) is 24.5. The zero-order valence-corrected chi connectivity index (χ0v) is 18.6. The van der Waals surface area contributed by atoms with Crippen LogP contribution in [0.15, 0.2) is 76.2 Å². The van der Waals surface area contributed by atoms with Crippen LogP contribution in [0.2, 0.25) is 0 Å². The van der Waals surface area contributed by atoms with E-state index in [1.165, 1.54) is 47.6 Å². The van der Waals surface area contributed by atoms with Gasteiger partial charge in [-0.1, -0.05) is 12.1 Å². The summed E-state index contributed by atoms with van der Waals surface area (Å²) < 4.78 is 41.4. The summed E-state index contributed by atoms with van der Waals surface area (Å²) in [7, 11) is -3.84. The predicted molar refractivity (Wildman–Crippen MR) is 119 cm³/mol. The van der Waals surface area contributed by atoms with E-state index < -0.39 is 39.6 Å². The molecule has 1 saturated heterocycles. The first-order valence-electron chi connectivity index (χ1n) is 10.2. The van der Waals surface area contributed by atoms with Crippen molar-refractivity contribution in [3.05, 3.63) is 84.1 Å². The Hall–Kier alpha value is -3.83. The molecular formula is C23H20FN3O6S. The Labute approximate surface area is 194 Å². The quantitative estimate of drug-likeness (QED) is 0.510. The number of halogens is 1. The van der Waals surface area contributed by atoms with Crippen LogP contribution in [0, 0.1) is 5.82 Å². The average molecular weight is 485 g/mol. The molecule has 1 aliphatic rings. The van der Waals surface area contributed by atoms with E-state index in [1.54, 1.807) is 12.1 Å². The first-order valence-corrected chi connectivity index (χ1v) is 11.8. The van der Waals surface area contributed by atoms with Gasteiger partial charge in [0.1, 0.15) is 11.9 Å². The largest absolute Gasteiger partial charge is 0.459 e. The fourth-order valence-electron chi connectivity index (χ4n) is 3.76. The van der Waals surface area contributed by atoms with Crippen molar-refractivity contribution in [1.29, 1.82) is 0 Å². The lowest BCUT2D eigenvalue weighted by Crippen LogP contribution is -2.46. The first kappa shape index (κ1) is 23.3. The molecular weight excluding hydrogens is 465 g/mol. The third-order valence-electron chi connectivity index (χ3n) is 5.47. The highest BCUT2D eigenvalue weighted by Crippen LogP contribution is 2.27. The van der Waals surface area contributed by atoms with Crippen LogP contribution in [0.5, 0.6) is 0 Å². The lowest BCUT2D eigenvalue weighted by atomic mass is 10.1. The monoisotopic (exact) mass is 485 g/mol. The van der Waals surface area contributed by atoms with Crippen LogP contribution in [-0.2, 0) is 26.0 Å². The molecule has 1 unspecified atom stereocenters. The number of amides is 3. The number of furan rings is 1. The topological polar surface area (TPSA) is 131 Å². The van der Waals surface area contributed by atoms with Gasteiger partial charge >= 0.3 is 0 Å². The number of rotatable bonds is 7. The number of nitrogens with two attached hydrogens (primary N) is 1. The minimum atomic E-state index is -3.84. The fraction of sp³-hybridized carbons (Fsp3) is 0.174. The number of primary sulfonamides is 1. The van der Waals surface area contributed by atoms with Crippen LogP contribution in [0.3, 0.4) is 0 Å². The normalized spacial score (nSPS) is 16.2. The van der Waals surface area contributed by atoms with Crippen LogP contribution < -0.4 is 10.0 Å². The van der Waals surface area contributed by atoms with Gasteiger partial charge in [-0.05, 0) is 60.5 Å². The maximum absolute atomic E-state index is 13.3. The smallest absolute Gasteiger partial charge is 0.290 e. The maximum Gasteiger partial charge on any atom is 0.290 e. The van der Waals surface area contributed by atoms with Crippen molar-refractivity contribution in [3.63, 3.8) is 0 Å². The van der Waals surface area contributed by atoms with Gasteiger partial charge in [-0.25, -0.2) is 22.8 Å². The Kier molecular flexibility index (Phi) is 6.31. The highest BCUT2D eigenvalue weighted by atomic mass is 32.2. The lowest BCUT2D eigenvalue weighted by molar-refractivity contribution is -0.122. The minimum Gasteiger partial charge on any atom is -0.459 e. The van der Waals surface area contributed by atoms with Crippen molar-refractivity contribution in [2.75, 3.05) is 11.4 Å². The molecule has 0 bridgehead atoms. The van der Waals surface area contributed by atoms with Gasteiger partial charge in [-0.2, -0.15) is 0 Å². The van der Waals surface area contributed by atoms with E-state index in [4.69, 9.17) is 9.56 Å². The van der Waals surface area contributed by atoms with Gasteiger partial charge < -0.3 is 9.32 Å². The Morgan fingerprint density at radius 3 is 2.35 bits per heavy atom. The fourth-order valence-corrected chi connectivity index (χ4v) is 4.27. The molecule has 2 aromatic carbocycles. The number of benzene rings is 2. The van der Waals surface area contributed by atoms with Crippen LogP contribution in [-0.4, -0.2) is 43.6 Å². The van der Waals surface area contributed by atoms with Crippen LogP contribution in [0.1, 0.15) is 22.5 Å². The molecule has 11 heteroatoms. The molecule has 34 heavy (non-hydrogen) atoms. The Morgan fingerprint density at radius 2 is 1.76 bits per heavy atom.